The highest BCUT2D eigenvalue weighted by atomic mass is 32.1. The molecule has 0 aliphatic heterocycles. The molecule has 0 unspecified atom stereocenters. The molecular formula is C5H11NS. The zero-order chi connectivity index (χ0) is 5.33. The third-order valence-electron chi connectivity index (χ3n) is 1.61. The molecule has 7 heavy (non-hydrogen) atoms. The lowest BCUT2D eigenvalue weighted by Crippen LogP contribution is -2.11. The van der Waals surface area contributed by atoms with Crippen molar-refractivity contribution >= 4 is 12.8 Å². The molecule has 0 amide bonds. The third kappa shape index (κ3) is 1.35. The van der Waals surface area contributed by atoms with Gasteiger partial charge < -0.3 is 0 Å². The minimum absolute atomic E-state index is 0.613. The van der Waals surface area contributed by atoms with Crippen LogP contribution in [0.1, 0.15) is 19.8 Å². The second-order valence-electron chi connectivity index (χ2n) is 2.65. The van der Waals surface area contributed by atoms with E-state index in [0.29, 0.717) is 5.41 Å². The van der Waals surface area contributed by atoms with Gasteiger partial charge in [-0.05, 0) is 18.3 Å². The first-order valence-corrected chi connectivity index (χ1v) is 3.09. The Morgan fingerprint density at radius 1 is 1.71 bits per heavy atom. The predicted octanol–water partition coefficient (Wildman–Crippen LogP) is 1.22. The first kappa shape index (κ1) is 5.45. The Bertz CT molecular complexity index is 68.5. The van der Waals surface area contributed by atoms with Gasteiger partial charge in [0, 0.05) is 6.54 Å². The van der Waals surface area contributed by atoms with E-state index >= 15 is 0 Å². The smallest absolute Gasteiger partial charge is 0.0110 e. The molecule has 1 nitrogen and oxygen atoms in total. The van der Waals surface area contributed by atoms with Crippen LogP contribution in [-0.2, 0) is 0 Å². The molecule has 1 fully saturated rings. The van der Waals surface area contributed by atoms with Crippen LogP contribution in [0.25, 0.3) is 0 Å². The van der Waals surface area contributed by atoms with Gasteiger partial charge in [0.05, 0.1) is 0 Å². The monoisotopic (exact) mass is 117 g/mol. The maximum atomic E-state index is 3.90. The molecule has 1 rings (SSSR count). The summed E-state index contributed by atoms with van der Waals surface area (Å²) in [6.45, 7) is 3.34. The van der Waals surface area contributed by atoms with Crippen LogP contribution in [0.4, 0.5) is 0 Å². The number of nitrogens with one attached hydrogen (secondary N) is 1. The van der Waals surface area contributed by atoms with Crippen molar-refractivity contribution in [2.24, 2.45) is 5.41 Å². The van der Waals surface area contributed by atoms with Gasteiger partial charge in [-0.3, -0.25) is 4.72 Å². The van der Waals surface area contributed by atoms with Gasteiger partial charge in [-0.1, -0.05) is 19.7 Å². The Morgan fingerprint density at radius 3 is 2.43 bits per heavy atom. The van der Waals surface area contributed by atoms with E-state index in [0.717, 1.165) is 6.54 Å². The summed E-state index contributed by atoms with van der Waals surface area (Å²) in [5.74, 6) is 0. The molecule has 2 heteroatoms. The van der Waals surface area contributed by atoms with E-state index in [1.54, 1.807) is 0 Å². The van der Waals surface area contributed by atoms with Crippen LogP contribution < -0.4 is 4.72 Å². The minimum Gasteiger partial charge on any atom is -0.266 e. The Balaban J connectivity index is 2.13. The Morgan fingerprint density at radius 2 is 2.29 bits per heavy atom. The van der Waals surface area contributed by atoms with Gasteiger partial charge in [0.1, 0.15) is 0 Å². The van der Waals surface area contributed by atoms with E-state index in [2.05, 4.69) is 24.5 Å². The largest absolute Gasteiger partial charge is 0.266 e. The molecule has 0 radical (unpaired) electrons. The van der Waals surface area contributed by atoms with Crippen molar-refractivity contribution < 1.29 is 0 Å². The quantitative estimate of drug-likeness (QED) is 0.518. The molecule has 42 valence electrons. The normalized spacial score (nSPS) is 24.9. The zero-order valence-corrected chi connectivity index (χ0v) is 5.46. The first-order valence-electron chi connectivity index (χ1n) is 2.64. The van der Waals surface area contributed by atoms with Gasteiger partial charge in [0.25, 0.3) is 0 Å². The molecule has 0 spiro atoms. The standard InChI is InChI=1S/C5H11NS/c1-5(2-3-5)4-6-7/h6-7H,2-4H2,1H3. The van der Waals surface area contributed by atoms with E-state index in [9.17, 15) is 0 Å². The molecule has 1 saturated carbocycles. The van der Waals surface area contributed by atoms with Gasteiger partial charge in [0.2, 0.25) is 0 Å². The van der Waals surface area contributed by atoms with Crippen LogP contribution in [0.5, 0.6) is 0 Å². The van der Waals surface area contributed by atoms with Crippen molar-refractivity contribution in [2.75, 3.05) is 6.54 Å². The Kier molecular flexibility index (Phi) is 1.30. The topological polar surface area (TPSA) is 12.0 Å². The molecule has 1 aliphatic rings. The van der Waals surface area contributed by atoms with Crippen molar-refractivity contribution in [3.8, 4) is 0 Å². The first-order chi connectivity index (χ1) is 3.27. The SMILES string of the molecule is CC1(CNS)CC1. The fourth-order valence-electron chi connectivity index (χ4n) is 0.581. The summed E-state index contributed by atoms with van der Waals surface area (Å²) in [5, 5.41) is 0. The summed E-state index contributed by atoms with van der Waals surface area (Å²) in [5.41, 5.74) is 0.613. The fourth-order valence-corrected chi connectivity index (χ4v) is 0.963. The number of hydrogen-bond acceptors (Lipinski definition) is 2. The number of rotatable bonds is 2. The Hall–Kier alpha value is 0.310. The number of hydrogen-bond donors (Lipinski definition) is 2. The van der Waals surface area contributed by atoms with Crippen molar-refractivity contribution in [1.82, 2.24) is 4.72 Å². The van der Waals surface area contributed by atoms with Crippen molar-refractivity contribution in [3.63, 3.8) is 0 Å². The summed E-state index contributed by atoms with van der Waals surface area (Å²) in [6.07, 6.45) is 2.75. The molecule has 0 atom stereocenters. The highest BCUT2D eigenvalue weighted by Crippen LogP contribution is 2.43. The molecule has 0 saturated heterocycles. The lowest BCUT2D eigenvalue weighted by atomic mass is 10.2. The molecule has 0 heterocycles. The molecule has 1 aliphatic carbocycles. The molecular weight excluding hydrogens is 106 g/mol. The van der Waals surface area contributed by atoms with Gasteiger partial charge in [-0.25, -0.2) is 0 Å². The molecule has 0 aromatic carbocycles. The van der Waals surface area contributed by atoms with Crippen LogP contribution in [0.3, 0.4) is 0 Å². The molecule has 0 aromatic heterocycles. The fraction of sp³-hybridized carbons (Fsp3) is 1.00. The van der Waals surface area contributed by atoms with Crippen LogP contribution in [0.2, 0.25) is 0 Å². The van der Waals surface area contributed by atoms with Crippen molar-refractivity contribution in [3.05, 3.63) is 0 Å². The summed E-state index contributed by atoms with van der Waals surface area (Å²) in [6, 6.07) is 0. The average Bonchev–Trinajstić information content (AvgIpc) is 2.22. The molecule has 0 aromatic rings. The van der Waals surface area contributed by atoms with Gasteiger partial charge in [-0.2, -0.15) is 0 Å². The third-order valence-corrected chi connectivity index (χ3v) is 1.77. The summed E-state index contributed by atoms with van der Waals surface area (Å²) >= 11 is 3.90. The molecule has 0 bridgehead atoms. The van der Waals surface area contributed by atoms with Gasteiger partial charge in [-0.15, -0.1) is 0 Å². The van der Waals surface area contributed by atoms with E-state index in [4.69, 9.17) is 0 Å². The van der Waals surface area contributed by atoms with E-state index in [-0.39, 0.29) is 0 Å². The average molecular weight is 117 g/mol. The highest BCUT2D eigenvalue weighted by molar-refractivity contribution is 7.78. The maximum absolute atomic E-state index is 3.90. The minimum atomic E-state index is 0.613. The van der Waals surface area contributed by atoms with Crippen molar-refractivity contribution in [1.29, 1.82) is 0 Å². The lowest BCUT2D eigenvalue weighted by molar-refractivity contribution is 0.569. The maximum Gasteiger partial charge on any atom is 0.0110 e. The van der Waals surface area contributed by atoms with Crippen LogP contribution in [0.15, 0.2) is 0 Å². The number of thiol groups is 1. The Labute approximate surface area is 50.0 Å². The summed E-state index contributed by atoms with van der Waals surface area (Å²) < 4.78 is 2.86. The van der Waals surface area contributed by atoms with Gasteiger partial charge >= 0.3 is 0 Å². The van der Waals surface area contributed by atoms with Crippen molar-refractivity contribution in [2.45, 2.75) is 19.8 Å². The lowest BCUT2D eigenvalue weighted by Gasteiger charge is -2.02. The molecule has 1 N–H and O–H groups in total. The summed E-state index contributed by atoms with van der Waals surface area (Å²) in [4.78, 5) is 0. The van der Waals surface area contributed by atoms with E-state index in [1.807, 2.05) is 0 Å². The van der Waals surface area contributed by atoms with Crippen LogP contribution >= 0.6 is 12.8 Å². The highest BCUT2D eigenvalue weighted by Gasteiger charge is 2.36. The predicted molar refractivity (Wildman–Crippen MR) is 34.3 cm³/mol. The van der Waals surface area contributed by atoms with Gasteiger partial charge in [0.15, 0.2) is 0 Å². The second-order valence-corrected chi connectivity index (χ2v) is 2.96. The van der Waals surface area contributed by atoms with E-state index < -0.39 is 0 Å². The van der Waals surface area contributed by atoms with E-state index in [1.165, 1.54) is 12.8 Å². The van der Waals surface area contributed by atoms with Crippen LogP contribution in [-0.4, -0.2) is 6.54 Å². The van der Waals surface area contributed by atoms with Crippen LogP contribution in [0, 0.1) is 5.41 Å². The zero-order valence-electron chi connectivity index (χ0n) is 4.57. The summed E-state index contributed by atoms with van der Waals surface area (Å²) in [7, 11) is 0. The second kappa shape index (κ2) is 1.67.